The summed E-state index contributed by atoms with van der Waals surface area (Å²) in [5.41, 5.74) is 6.72. The van der Waals surface area contributed by atoms with Crippen molar-refractivity contribution in [1.29, 1.82) is 0 Å². The van der Waals surface area contributed by atoms with Crippen molar-refractivity contribution in [2.45, 2.75) is 43.3 Å². The van der Waals surface area contributed by atoms with Crippen LogP contribution in [-0.4, -0.2) is 101 Å². The fourth-order valence-electron chi connectivity index (χ4n) is 5.75. The summed E-state index contributed by atoms with van der Waals surface area (Å²) in [6.45, 7) is -1.80. The van der Waals surface area contributed by atoms with Crippen LogP contribution < -0.4 is 15.4 Å². The zero-order valence-corrected chi connectivity index (χ0v) is 28.8. The Balaban J connectivity index is 1.19. The van der Waals surface area contributed by atoms with E-state index in [2.05, 4.69) is 15.4 Å². The number of phosphoric ester groups is 1. The van der Waals surface area contributed by atoms with Crippen LogP contribution in [0.25, 0.3) is 22.3 Å². The summed E-state index contributed by atoms with van der Waals surface area (Å²) < 4.78 is 76.3. The molecule has 2 aromatic carbocycles. The molecule has 6 rings (SSSR count). The summed E-state index contributed by atoms with van der Waals surface area (Å²) in [5.74, 6) is -2.15. The molecule has 51 heavy (non-hydrogen) atoms. The van der Waals surface area contributed by atoms with Gasteiger partial charge in [-0.1, -0.05) is 0 Å². The van der Waals surface area contributed by atoms with Crippen molar-refractivity contribution < 1.29 is 60.3 Å². The minimum Gasteiger partial charge on any atom is -0.455 e. The van der Waals surface area contributed by atoms with Gasteiger partial charge in [0.15, 0.2) is 6.23 Å². The van der Waals surface area contributed by atoms with Gasteiger partial charge >= 0.3 is 7.82 Å². The van der Waals surface area contributed by atoms with E-state index in [1.807, 2.05) is 0 Å². The van der Waals surface area contributed by atoms with Gasteiger partial charge in [-0.3, -0.25) is 22.9 Å². The number of fused-ring (bicyclic) bond motifs is 1. The maximum atomic E-state index is 13.7. The number of sulfonamides is 1. The molecule has 0 spiro atoms. The Morgan fingerprint density at radius 1 is 1.18 bits per heavy atom. The van der Waals surface area contributed by atoms with E-state index in [-0.39, 0.29) is 34.3 Å². The molecule has 2 amide bonds. The number of ether oxygens (including phenoxy) is 1. The van der Waals surface area contributed by atoms with Crippen molar-refractivity contribution >= 4 is 46.3 Å². The number of carbonyl (C=O) groups excluding carboxylic acids is 2. The summed E-state index contributed by atoms with van der Waals surface area (Å²) in [7, 11) is -7.47. The molecule has 4 aromatic rings. The van der Waals surface area contributed by atoms with Crippen LogP contribution in [0.3, 0.4) is 0 Å². The number of anilines is 1. The van der Waals surface area contributed by atoms with Crippen molar-refractivity contribution in [2.24, 2.45) is 5.73 Å². The number of aliphatic hydroxyl groups excluding tert-OH is 2. The zero-order valence-electron chi connectivity index (χ0n) is 27.1. The van der Waals surface area contributed by atoms with Crippen molar-refractivity contribution in [2.75, 3.05) is 37.4 Å². The standard InChI is InChI=1S/C30H34FN6O12PS/c1-33-29(41)23-19-11-18(15-3-4-15)20(12-21(19)48-26(23)16-5-7-17(31)8-6-16)37(51(2,44)45)9-10-46-50(42,43)47-13-22-24(38)25(39)30(49-22)36-14-34-28(35-36)27(32)40/h5-8,11-12,14-15,22,24-25,30,38-39H,3-4,9-10,13H2,1-2H3,(H2,32,40)(H,33,41)(H,42,43)/t22-,24-,25-,30-/m1/s1. The number of primary amides is 1. The fraction of sp³-hybridized carbons (Fsp3) is 0.400. The predicted molar refractivity (Wildman–Crippen MR) is 175 cm³/mol. The van der Waals surface area contributed by atoms with E-state index < -0.39 is 79.8 Å². The van der Waals surface area contributed by atoms with E-state index in [1.54, 1.807) is 6.07 Å². The number of hydrogen-bond acceptors (Lipinski definition) is 13. The van der Waals surface area contributed by atoms with Gasteiger partial charge < -0.3 is 35.3 Å². The minimum absolute atomic E-state index is 0.0412. The van der Waals surface area contributed by atoms with Gasteiger partial charge in [-0.2, -0.15) is 0 Å². The first-order valence-electron chi connectivity index (χ1n) is 15.5. The topological polar surface area (TPSA) is 259 Å². The van der Waals surface area contributed by atoms with Crippen molar-refractivity contribution in [1.82, 2.24) is 20.1 Å². The molecule has 2 aliphatic rings. The van der Waals surface area contributed by atoms with E-state index in [1.165, 1.54) is 37.4 Å². The molecule has 0 radical (unpaired) electrons. The Kier molecular flexibility index (Phi) is 10.1. The van der Waals surface area contributed by atoms with E-state index in [0.717, 1.165) is 34.4 Å². The number of hydrogen-bond donors (Lipinski definition) is 5. The predicted octanol–water partition coefficient (Wildman–Crippen LogP) is 1.39. The Bertz CT molecular complexity index is 2120. The lowest BCUT2D eigenvalue weighted by molar-refractivity contribution is -0.0589. The van der Waals surface area contributed by atoms with Crippen LogP contribution in [0.2, 0.25) is 0 Å². The second-order valence-corrected chi connectivity index (χ2v) is 15.3. The second-order valence-electron chi connectivity index (χ2n) is 12.0. The Hall–Kier alpha value is -4.27. The number of nitrogens with zero attached hydrogens (tertiary/aromatic N) is 4. The number of aromatic nitrogens is 3. The molecule has 0 bridgehead atoms. The van der Waals surface area contributed by atoms with Crippen LogP contribution in [0.5, 0.6) is 0 Å². The lowest BCUT2D eigenvalue weighted by atomic mass is 10.0. The van der Waals surface area contributed by atoms with Gasteiger partial charge in [0.1, 0.15) is 41.8 Å². The maximum Gasteiger partial charge on any atom is 0.472 e. The number of carbonyl (C=O) groups is 2. The molecule has 2 fully saturated rings. The zero-order chi connectivity index (χ0) is 36.8. The van der Waals surface area contributed by atoms with Gasteiger partial charge in [-0.25, -0.2) is 27.0 Å². The largest absolute Gasteiger partial charge is 0.472 e. The molecule has 21 heteroatoms. The normalized spacial score (nSPS) is 21.8. The number of rotatable bonds is 14. The Morgan fingerprint density at radius 2 is 1.88 bits per heavy atom. The first-order valence-corrected chi connectivity index (χ1v) is 18.8. The van der Waals surface area contributed by atoms with Crippen LogP contribution in [0.4, 0.5) is 10.1 Å². The first-order chi connectivity index (χ1) is 24.1. The van der Waals surface area contributed by atoms with Gasteiger partial charge in [-0.05, 0) is 54.7 Å². The number of aliphatic hydroxyl groups is 2. The highest BCUT2D eigenvalue weighted by molar-refractivity contribution is 7.92. The molecular formula is C30H34FN6O12PS. The lowest BCUT2D eigenvalue weighted by Crippen LogP contribution is -2.34. The molecule has 1 unspecified atom stereocenters. The molecule has 1 saturated heterocycles. The number of amides is 2. The second kappa shape index (κ2) is 14.0. The number of halogens is 1. The molecule has 2 aromatic heterocycles. The van der Waals surface area contributed by atoms with Crippen molar-refractivity contribution in [3.05, 3.63) is 65.5 Å². The molecular weight excluding hydrogens is 718 g/mol. The number of furan rings is 1. The van der Waals surface area contributed by atoms with Gasteiger partial charge in [0.05, 0.1) is 37.3 Å². The number of benzene rings is 2. The highest BCUT2D eigenvalue weighted by atomic mass is 32.2. The third kappa shape index (κ3) is 7.68. The van der Waals surface area contributed by atoms with Crippen LogP contribution >= 0.6 is 7.82 Å². The Labute approximate surface area is 289 Å². The van der Waals surface area contributed by atoms with Gasteiger partial charge in [-0.15, -0.1) is 5.10 Å². The smallest absolute Gasteiger partial charge is 0.455 e. The molecule has 18 nitrogen and oxygen atoms in total. The molecule has 274 valence electrons. The summed E-state index contributed by atoms with van der Waals surface area (Å²) in [5, 5.41) is 27.6. The van der Waals surface area contributed by atoms with E-state index >= 15 is 0 Å². The van der Waals surface area contributed by atoms with Crippen LogP contribution in [0, 0.1) is 5.82 Å². The quantitative estimate of drug-likeness (QED) is 0.114. The average Bonchev–Trinajstić information content (AvgIpc) is 3.56. The monoisotopic (exact) mass is 752 g/mol. The van der Waals surface area contributed by atoms with E-state index in [0.29, 0.717) is 16.5 Å². The molecule has 5 atom stereocenters. The Morgan fingerprint density at radius 3 is 2.49 bits per heavy atom. The van der Waals surface area contributed by atoms with Crippen molar-refractivity contribution in [3.8, 4) is 11.3 Å². The summed E-state index contributed by atoms with van der Waals surface area (Å²) in [6.07, 6.45) is -2.38. The maximum absolute atomic E-state index is 13.7. The molecule has 1 aliphatic carbocycles. The van der Waals surface area contributed by atoms with Gasteiger partial charge in [0, 0.05) is 24.1 Å². The van der Waals surface area contributed by atoms with Crippen LogP contribution in [-0.2, 0) is 28.4 Å². The molecule has 1 saturated carbocycles. The van der Waals surface area contributed by atoms with Gasteiger partial charge in [0.25, 0.3) is 11.8 Å². The number of phosphoric acid groups is 1. The highest BCUT2D eigenvalue weighted by Gasteiger charge is 2.45. The molecule has 3 heterocycles. The third-order valence-electron chi connectivity index (χ3n) is 8.36. The first kappa shape index (κ1) is 36.5. The lowest BCUT2D eigenvalue weighted by Gasteiger charge is -2.25. The van der Waals surface area contributed by atoms with E-state index in [9.17, 15) is 42.1 Å². The molecule has 6 N–H and O–H groups in total. The van der Waals surface area contributed by atoms with Crippen LogP contribution in [0.15, 0.2) is 47.1 Å². The molecule has 1 aliphatic heterocycles. The SMILES string of the molecule is CNC(=O)c1c(-c2ccc(F)cc2)oc2cc(N(CCOP(=O)(O)OC[C@H]3O[C@@H](n4cnc(C(N)=O)n4)[C@H](O)[C@@H]3O)S(C)(=O)=O)c(C3CC3)cc12. The number of nitrogens with two attached hydrogens (primary N) is 1. The van der Waals surface area contributed by atoms with Crippen molar-refractivity contribution in [3.63, 3.8) is 0 Å². The highest BCUT2D eigenvalue weighted by Crippen LogP contribution is 2.49. The summed E-state index contributed by atoms with van der Waals surface area (Å²) in [6, 6.07) is 8.50. The van der Waals surface area contributed by atoms with Crippen LogP contribution in [0.1, 0.15) is 51.5 Å². The minimum atomic E-state index is -4.89. The summed E-state index contributed by atoms with van der Waals surface area (Å²) in [4.78, 5) is 38.4. The van der Waals surface area contributed by atoms with E-state index in [4.69, 9.17) is 23.9 Å². The fourth-order valence-corrected chi connectivity index (χ4v) is 7.39. The van der Waals surface area contributed by atoms with Gasteiger partial charge in [0.2, 0.25) is 15.8 Å². The third-order valence-corrected chi connectivity index (χ3v) is 10.5. The average molecular weight is 753 g/mol. The number of nitrogens with one attached hydrogen (secondary N) is 1. The summed E-state index contributed by atoms with van der Waals surface area (Å²) >= 11 is 0.